The SMILES string of the molecule is CCCN(CCC)CCCC(=O)NC1(C#N)CCC1. The summed E-state index contributed by atoms with van der Waals surface area (Å²) in [7, 11) is 0. The van der Waals surface area contributed by atoms with Crippen LogP contribution in [0.25, 0.3) is 0 Å². The van der Waals surface area contributed by atoms with Crippen LogP contribution in [-0.2, 0) is 4.79 Å². The molecule has 4 heteroatoms. The molecule has 1 rings (SSSR count). The molecule has 0 spiro atoms. The van der Waals surface area contributed by atoms with Crippen LogP contribution in [0.3, 0.4) is 0 Å². The third-order valence-corrected chi connectivity index (χ3v) is 3.76. The Labute approximate surface area is 117 Å². The van der Waals surface area contributed by atoms with Crippen LogP contribution in [0.5, 0.6) is 0 Å². The van der Waals surface area contributed by atoms with Crippen molar-refractivity contribution in [2.24, 2.45) is 0 Å². The molecule has 1 saturated carbocycles. The molecule has 0 saturated heterocycles. The third-order valence-electron chi connectivity index (χ3n) is 3.76. The Morgan fingerprint density at radius 2 is 1.89 bits per heavy atom. The second kappa shape index (κ2) is 8.16. The molecule has 0 atom stereocenters. The maximum atomic E-state index is 11.8. The van der Waals surface area contributed by atoms with Crippen LogP contribution in [0, 0.1) is 11.3 Å². The van der Waals surface area contributed by atoms with Gasteiger partial charge in [-0.3, -0.25) is 4.79 Å². The predicted octanol–water partition coefficient (Wildman–Crippen LogP) is 2.45. The second-order valence-electron chi connectivity index (χ2n) is 5.54. The van der Waals surface area contributed by atoms with E-state index in [1.54, 1.807) is 0 Å². The first-order chi connectivity index (χ1) is 9.15. The third kappa shape index (κ3) is 5.20. The standard InChI is InChI=1S/C15H27N3O/c1-3-10-18(11-4-2)12-5-7-14(19)17-15(13-16)8-6-9-15/h3-12H2,1-2H3,(H,17,19). The first-order valence-electron chi connectivity index (χ1n) is 7.60. The Kier molecular flexibility index (Phi) is 6.86. The summed E-state index contributed by atoms with van der Waals surface area (Å²) < 4.78 is 0. The molecule has 0 unspecified atom stereocenters. The molecule has 0 aromatic carbocycles. The highest BCUT2D eigenvalue weighted by molar-refractivity contribution is 5.77. The average molecular weight is 265 g/mol. The van der Waals surface area contributed by atoms with Crippen molar-refractivity contribution in [1.82, 2.24) is 10.2 Å². The van der Waals surface area contributed by atoms with Crippen LogP contribution in [-0.4, -0.2) is 36.0 Å². The van der Waals surface area contributed by atoms with Gasteiger partial charge in [0.2, 0.25) is 5.91 Å². The van der Waals surface area contributed by atoms with E-state index < -0.39 is 5.54 Å². The van der Waals surface area contributed by atoms with Crippen molar-refractivity contribution in [3.63, 3.8) is 0 Å². The van der Waals surface area contributed by atoms with E-state index in [9.17, 15) is 4.79 Å². The van der Waals surface area contributed by atoms with Gasteiger partial charge in [0, 0.05) is 6.42 Å². The number of rotatable bonds is 9. The molecule has 0 aromatic rings. The summed E-state index contributed by atoms with van der Waals surface area (Å²) in [5, 5.41) is 12.0. The largest absolute Gasteiger partial charge is 0.338 e. The van der Waals surface area contributed by atoms with E-state index in [1.165, 1.54) is 0 Å². The lowest BCUT2D eigenvalue weighted by molar-refractivity contribution is -0.123. The average Bonchev–Trinajstić information content (AvgIpc) is 2.34. The molecule has 1 aliphatic rings. The number of hydrogen-bond donors (Lipinski definition) is 1. The van der Waals surface area contributed by atoms with Gasteiger partial charge in [0.15, 0.2) is 0 Å². The maximum absolute atomic E-state index is 11.8. The van der Waals surface area contributed by atoms with Crippen LogP contribution < -0.4 is 5.32 Å². The van der Waals surface area contributed by atoms with E-state index >= 15 is 0 Å². The minimum Gasteiger partial charge on any atom is -0.338 e. The number of nitriles is 1. The second-order valence-corrected chi connectivity index (χ2v) is 5.54. The molecule has 1 aliphatic carbocycles. The number of amides is 1. The number of nitrogens with one attached hydrogen (secondary N) is 1. The molecule has 0 aromatic heterocycles. The smallest absolute Gasteiger partial charge is 0.221 e. The molecule has 0 radical (unpaired) electrons. The highest BCUT2D eigenvalue weighted by Crippen LogP contribution is 2.30. The molecule has 0 bridgehead atoms. The van der Waals surface area contributed by atoms with Crippen molar-refractivity contribution in [2.45, 2.75) is 64.3 Å². The van der Waals surface area contributed by atoms with Gasteiger partial charge >= 0.3 is 0 Å². The van der Waals surface area contributed by atoms with Crippen LogP contribution in [0.2, 0.25) is 0 Å². The molecule has 1 amide bonds. The maximum Gasteiger partial charge on any atom is 0.221 e. The molecular weight excluding hydrogens is 238 g/mol. The molecule has 0 aliphatic heterocycles. The number of hydrogen-bond acceptors (Lipinski definition) is 3. The van der Waals surface area contributed by atoms with Crippen LogP contribution >= 0.6 is 0 Å². The Morgan fingerprint density at radius 1 is 1.26 bits per heavy atom. The lowest BCUT2D eigenvalue weighted by Crippen LogP contribution is -2.52. The molecule has 19 heavy (non-hydrogen) atoms. The van der Waals surface area contributed by atoms with E-state index in [0.717, 1.165) is 58.2 Å². The summed E-state index contributed by atoms with van der Waals surface area (Å²) in [6.07, 6.45) is 6.41. The molecule has 108 valence electrons. The first kappa shape index (κ1) is 16.0. The van der Waals surface area contributed by atoms with Crippen molar-refractivity contribution < 1.29 is 4.79 Å². The summed E-state index contributed by atoms with van der Waals surface area (Å²) in [6, 6.07) is 2.24. The summed E-state index contributed by atoms with van der Waals surface area (Å²) >= 11 is 0. The van der Waals surface area contributed by atoms with Gasteiger partial charge in [-0.05, 0) is 58.2 Å². The Bertz CT molecular complexity index is 312. The zero-order valence-electron chi connectivity index (χ0n) is 12.4. The zero-order chi connectivity index (χ0) is 14.1. The minimum absolute atomic E-state index is 0.0363. The van der Waals surface area contributed by atoms with Gasteiger partial charge in [0.25, 0.3) is 0 Å². The highest BCUT2D eigenvalue weighted by atomic mass is 16.1. The molecule has 4 nitrogen and oxygen atoms in total. The number of nitrogens with zero attached hydrogens (tertiary/aromatic N) is 2. The van der Waals surface area contributed by atoms with Gasteiger partial charge < -0.3 is 10.2 Å². The van der Waals surface area contributed by atoms with Crippen molar-refractivity contribution in [1.29, 1.82) is 5.26 Å². The van der Waals surface area contributed by atoms with Gasteiger partial charge in [-0.2, -0.15) is 5.26 Å². The normalized spacial score (nSPS) is 16.7. The Hall–Kier alpha value is -1.08. The first-order valence-corrected chi connectivity index (χ1v) is 7.60. The summed E-state index contributed by atoms with van der Waals surface area (Å²) in [5.41, 5.74) is -0.538. The Morgan fingerprint density at radius 3 is 2.32 bits per heavy atom. The van der Waals surface area contributed by atoms with Crippen LogP contribution in [0.1, 0.15) is 58.8 Å². The minimum atomic E-state index is -0.538. The molecule has 0 heterocycles. The van der Waals surface area contributed by atoms with Crippen molar-refractivity contribution in [3.05, 3.63) is 0 Å². The van der Waals surface area contributed by atoms with E-state index in [-0.39, 0.29) is 5.91 Å². The van der Waals surface area contributed by atoms with Crippen molar-refractivity contribution in [2.75, 3.05) is 19.6 Å². The fourth-order valence-corrected chi connectivity index (χ4v) is 2.56. The van der Waals surface area contributed by atoms with Gasteiger partial charge in [-0.15, -0.1) is 0 Å². The molecular formula is C15H27N3O. The zero-order valence-corrected chi connectivity index (χ0v) is 12.4. The van der Waals surface area contributed by atoms with Crippen LogP contribution in [0.4, 0.5) is 0 Å². The lowest BCUT2D eigenvalue weighted by Gasteiger charge is -2.35. The van der Waals surface area contributed by atoms with E-state index in [2.05, 4.69) is 30.1 Å². The van der Waals surface area contributed by atoms with Crippen molar-refractivity contribution >= 4 is 5.91 Å². The fraction of sp³-hybridized carbons (Fsp3) is 0.867. The fourth-order valence-electron chi connectivity index (χ4n) is 2.56. The molecule has 1 N–H and O–H groups in total. The highest BCUT2D eigenvalue weighted by Gasteiger charge is 2.38. The van der Waals surface area contributed by atoms with E-state index in [4.69, 9.17) is 5.26 Å². The summed E-state index contributed by atoms with van der Waals surface area (Å²) in [6.45, 7) is 7.56. The Balaban J connectivity index is 2.20. The van der Waals surface area contributed by atoms with E-state index in [0.29, 0.717) is 6.42 Å². The number of carbonyl (C=O) groups excluding carboxylic acids is 1. The summed E-state index contributed by atoms with van der Waals surface area (Å²) in [5.74, 6) is 0.0363. The van der Waals surface area contributed by atoms with Gasteiger partial charge in [-0.1, -0.05) is 13.8 Å². The predicted molar refractivity (Wildman–Crippen MR) is 76.6 cm³/mol. The van der Waals surface area contributed by atoms with Gasteiger partial charge in [0.05, 0.1) is 6.07 Å². The number of carbonyl (C=O) groups is 1. The quantitative estimate of drug-likeness (QED) is 0.696. The van der Waals surface area contributed by atoms with E-state index in [1.807, 2.05) is 0 Å². The van der Waals surface area contributed by atoms with Crippen molar-refractivity contribution in [3.8, 4) is 6.07 Å². The topological polar surface area (TPSA) is 56.1 Å². The summed E-state index contributed by atoms with van der Waals surface area (Å²) in [4.78, 5) is 14.2. The van der Waals surface area contributed by atoms with Crippen LogP contribution in [0.15, 0.2) is 0 Å². The molecule has 1 fully saturated rings. The van der Waals surface area contributed by atoms with Gasteiger partial charge in [0.1, 0.15) is 5.54 Å². The lowest BCUT2D eigenvalue weighted by atomic mass is 9.78. The monoisotopic (exact) mass is 265 g/mol. The van der Waals surface area contributed by atoms with Gasteiger partial charge in [-0.25, -0.2) is 0 Å².